The number of nitrogens with zero attached hydrogens (tertiary/aromatic N) is 2. The standard InChI is InChI=1S/C40H46N4O7/c1-4-5-6-7-8-21-51-33-19-17-29(18-20-33)32-24-41-37(42-25-32)30-11-9-27(10-12-30)22-34(39(48)44-35(40(49)50)23-36(45)46)43-38(47)31-15-13-28(14-16-31)26(2)3/h9-20,24-26,34-35H,4-8,21-23H2,1-3H3,(H,43,47)(H,44,48)(H,45,46)(H,49,50)/t34-,35-/m0/s1. The average molecular weight is 695 g/mol. The minimum absolute atomic E-state index is 0.0136. The fourth-order valence-corrected chi connectivity index (χ4v) is 5.41. The molecule has 0 bridgehead atoms. The highest BCUT2D eigenvalue weighted by Crippen LogP contribution is 2.24. The first-order valence-electron chi connectivity index (χ1n) is 17.3. The molecular weight excluding hydrogens is 648 g/mol. The van der Waals surface area contributed by atoms with E-state index < -0.39 is 42.3 Å². The van der Waals surface area contributed by atoms with Crippen molar-refractivity contribution in [1.82, 2.24) is 20.6 Å². The molecule has 2 amide bonds. The van der Waals surface area contributed by atoms with E-state index >= 15 is 0 Å². The first-order valence-corrected chi connectivity index (χ1v) is 17.3. The number of carbonyl (C=O) groups is 4. The summed E-state index contributed by atoms with van der Waals surface area (Å²) in [6, 6.07) is 19.1. The van der Waals surface area contributed by atoms with Gasteiger partial charge in [-0.3, -0.25) is 14.4 Å². The van der Waals surface area contributed by atoms with Gasteiger partial charge in [0.1, 0.15) is 17.8 Å². The van der Waals surface area contributed by atoms with Crippen molar-refractivity contribution >= 4 is 23.8 Å². The number of hydrogen-bond acceptors (Lipinski definition) is 7. The number of ether oxygens (including phenoxy) is 1. The number of carbonyl (C=O) groups excluding carboxylic acids is 2. The minimum atomic E-state index is -1.67. The number of benzene rings is 3. The Hall–Kier alpha value is -5.58. The van der Waals surface area contributed by atoms with Gasteiger partial charge in [-0.15, -0.1) is 0 Å². The number of carboxylic acid groups (broad SMARTS) is 2. The Kier molecular flexibility index (Phi) is 14.2. The van der Waals surface area contributed by atoms with Crippen LogP contribution in [0.2, 0.25) is 0 Å². The lowest BCUT2D eigenvalue weighted by Crippen LogP contribution is -2.53. The summed E-state index contributed by atoms with van der Waals surface area (Å²) in [6.45, 7) is 6.97. The van der Waals surface area contributed by atoms with E-state index in [1.165, 1.54) is 25.7 Å². The molecule has 0 saturated heterocycles. The van der Waals surface area contributed by atoms with Gasteiger partial charge in [-0.1, -0.05) is 95.0 Å². The fraction of sp³-hybridized carbons (Fsp3) is 0.350. The summed E-state index contributed by atoms with van der Waals surface area (Å²) < 4.78 is 5.87. The molecule has 1 heterocycles. The molecule has 51 heavy (non-hydrogen) atoms. The Morgan fingerprint density at radius 1 is 0.725 bits per heavy atom. The number of nitrogens with one attached hydrogen (secondary N) is 2. The lowest BCUT2D eigenvalue weighted by molar-refractivity contribution is -0.147. The monoisotopic (exact) mass is 694 g/mol. The van der Waals surface area contributed by atoms with Crippen molar-refractivity contribution in [1.29, 1.82) is 0 Å². The molecule has 0 unspecified atom stereocenters. The van der Waals surface area contributed by atoms with Crippen LogP contribution in [0.3, 0.4) is 0 Å². The van der Waals surface area contributed by atoms with E-state index in [4.69, 9.17) is 9.84 Å². The summed E-state index contributed by atoms with van der Waals surface area (Å²) in [5.41, 5.74) is 4.58. The highest BCUT2D eigenvalue weighted by atomic mass is 16.5. The van der Waals surface area contributed by atoms with Crippen LogP contribution < -0.4 is 15.4 Å². The van der Waals surface area contributed by atoms with Crippen molar-refractivity contribution in [3.8, 4) is 28.3 Å². The molecule has 0 spiro atoms. The SMILES string of the molecule is CCCCCCCOc1ccc(-c2cnc(-c3ccc(C[C@H](NC(=O)c4ccc(C(C)C)cc4)C(=O)N[C@@H](CC(=O)O)C(=O)O)cc3)nc2)cc1. The third kappa shape index (κ3) is 11.8. The number of unbranched alkanes of at least 4 members (excludes halogenated alkanes) is 4. The number of aliphatic carboxylic acids is 2. The molecule has 0 aliphatic rings. The zero-order valence-corrected chi connectivity index (χ0v) is 29.3. The molecule has 0 saturated carbocycles. The molecule has 11 nitrogen and oxygen atoms in total. The molecule has 0 aliphatic carbocycles. The second-order valence-electron chi connectivity index (χ2n) is 12.8. The highest BCUT2D eigenvalue weighted by molar-refractivity contribution is 5.98. The summed E-state index contributed by atoms with van der Waals surface area (Å²) in [5.74, 6) is -2.63. The highest BCUT2D eigenvalue weighted by Gasteiger charge is 2.29. The molecular formula is C40H46N4O7. The Morgan fingerprint density at radius 2 is 1.35 bits per heavy atom. The maximum Gasteiger partial charge on any atom is 0.326 e. The number of aromatic nitrogens is 2. The van der Waals surface area contributed by atoms with Gasteiger partial charge in [0.2, 0.25) is 5.91 Å². The van der Waals surface area contributed by atoms with E-state index in [0.29, 0.717) is 23.6 Å². The van der Waals surface area contributed by atoms with Gasteiger partial charge in [0, 0.05) is 35.5 Å². The number of carboxylic acids is 2. The van der Waals surface area contributed by atoms with Crippen LogP contribution in [0.15, 0.2) is 85.2 Å². The molecule has 1 aromatic heterocycles. The Labute approximate surface area is 298 Å². The van der Waals surface area contributed by atoms with Crippen LogP contribution >= 0.6 is 0 Å². The molecule has 0 radical (unpaired) electrons. The summed E-state index contributed by atoms with van der Waals surface area (Å²) in [6.07, 6.45) is 8.63. The van der Waals surface area contributed by atoms with Crippen LogP contribution in [0.1, 0.15) is 86.7 Å². The van der Waals surface area contributed by atoms with Crippen LogP contribution in [-0.4, -0.2) is 62.6 Å². The predicted octanol–water partition coefficient (Wildman–Crippen LogP) is 6.67. The van der Waals surface area contributed by atoms with Crippen LogP contribution in [0.5, 0.6) is 5.75 Å². The molecule has 4 aromatic rings. The molecule has 3 aromatic carbocycles. The summed E-state index contributed by atoms with van der Waals surface area (Å²) in [4.78, 5) is 58.4. The second-order valence-corrected chi connectivity index (χ2v) is 12.8. The molecule has 2 atom stereocenters. The molecule has 4 N–H and O–H groups in total. The van der Waals surface area contributed by atoms with Gasteiger partial charge in [0.25, 0.3) is 5.91 Å². The van der Waals surface area contributed by atoms with Crippen LogP contribution in [-0.2, 0) is 20.8 Å². The van der Waals surface area contributed by atoms with E-state index in [-0.39, 0.29) is 12.3 Å². The molecule has 268 valence electrons. The number of amides is 2. The lowest BCUT2D eigenvalue weighted by Gasteiger charge is -2.21. The van der Waals surface area contributed by atoms with E-state index in [2.05, 4.69) is 27.5 Å². The third-order valence-electron chi connectivity index (χ3n) is 8.46. The van der Waals surface area contributed by atoms with Crippen LogP contribution in [0.25, 0.3) is 22.5 Å². The third-order valence-corrected chi connectivity index (χ3v) is 8.46. The van der Waals surface area contributed by atoms with Crippen molar-refractivity contribution < 1.29 is 34.1 Å². The van der Waals surface area contributed by atoms with Crippen LogP contribution in [0.4, 0.5) is 0 Å². The zero-order chi connectivity index (χ0) is 36.8. The van der Waals surface area contributed by atoms with Crippen molar-refractivity contribution in [2.75, 3.05) is 6.61 Å². The molecule has 11 heteroatoms. The first kappa shape index (κ1) is 38.2. The van der Waals surface area contributed by atoms with Crippen molar-refractivity contribution in [2.24, 2.45) is 0 Å². The Balaban J connectivity index is 1.43. The predicted molar refractivity (Wildman–Crippen MR) is 194 cm³/mol. The zero-order valence-electron chi connectivity index (χ0n) is 29.3. The number of hydrogen-bond donors (Lipinski definition) is 4. The molecule has 0 fully saturated rings. The minimum Gasteiger partial charge on any atom is -0.494 e. The Morgan fingerprint density at radius 3 is 1.94 bits per heavy atom. The first-order chi connectivity index (χ1) is 24.5. The van der Waals surface area contributed by atoms with E-state index in [9.17, 15) is 24.3 Å². The van der Waals surface area contributed by atoms with Gasteiger partial charge in [-0.2, -0.15) is 0 Å². The van der Waals surface area contributed by atoms with E-state index in [1.807, 2.05) is 50.2 Å². The van der Waals surface area contributed by atoms with Crippen LogP contribution in [0, 0.1) is 0 Å². The maximum atomic E-state index is 13.3. The topological polar surface area (TPSA) is 168 Å². The smallest absolute Gasteiger partial charge is 0.326 e. The van der Waals surface area contributed by atoms with Gasteiger partial charge in [0.15, 0.2) is 5.82 Å². The van der Waals surface area contributed by atoms with Gasteiger partial charge in [-0.05, 0) is 53.3 Å². The van der Waals surface area contributed by atoms with Crippen molar-refractivity contribution in [3.05, 3.63) is 102 Å². The largest absolute Gasteiger partial charge is 0.494 e. The molecule has 0 aliphatic heterocycles. The van der Waals surface area contributed by atoms with E-state index in [1.54, 1.807) is 48.8 Å². The lowest BCUT2D eigenvalue weighted by atomic mass is 10.0. The number of rotatable bonds is 19. The Bertz CT molecular complexity index is 1740. The van der Waals surface area contributed by atoms with Gasteiger partial charge >= 0.3 is 11.9 Å². The van der Waals surface area contributed by atoms with Gasteiger partial charge < -0.3 is 25.6 Å². The summed E-state index contributed by atoms with van der Waals surface area (Å²) >= 11 is 0. The fourth-order valence-electron chi connectivity index (χ4n) is 5.41. The van der Waals surface area contributed by atoms with Crippen molar-refractivity contribution in [3.63, 3.8) is 0 Å². The normalized spacial score (nSPS) is 12.2. The van der Waals surface area contributed by atoms with Crippen molar-refractivity contribution in [2.45, 2.75) is 83.7 Å². The summed E-state index contributed by atoms with van der Waals surface area (Å²) in [5, 5.41) is 23.6. The molecule has 4 rings (SSSR count). The van der Waals surface area contributed by atoms with E-state index in [0.717, 1.165) is 34.4 Å². The quantitative estimate of drug-likeness (QED) is 0.0784. The van der Waals surface area contributed by atoms with Gasteiger partial charge in [-0.25, -0.2) is 14.8 Å². The average Bonchev–Trinajstić information content (AvgIpc) is 3.13. The summed E-state index contributed by atoms with van der Waals surface area (Å²) in [7, 11) is 0. The van der Waals surface area contributed by atoms with Gasteiger partial charge in [0.05, 0.1) is 13.0 Å². The second kappa shape index (κ2) is 19.0. The maximum absolute atomic E-state index is 13.3.